The van der Waals surface area contributed by atoms with Crippen molar-refractivity contribution in [2.75, 3.05) is 58.3 Å². The molecule has 254 valence electrons. The maximum atomic E-state index is 14.5. The number of carbonyl (C=O) groups excluding carboxylic acids is 3. The molecule has 2 saturated heterocycles. The van der Waals surface area contributed by atoms with Crippen LogP contribution in [0.5, 0.6) is 0 Å². The number of methoxy groups -OCH3 is 1. The van der Waals surface area contributed by atoms with E-state index in [4.69, 9.17) is 14.5 Å². The first kappa shape index (κ1) is 36.4. The van der Waals surface area contributed by atoms with Gasteiger partial charge in [0, 0.05) is 64.6 Å². The second-order valence-electron chi connectivity index (χ2n) is 14.8. The molecule has 45 heavy (non-hydrogen) atoms. The third-order valence-corrected chi connectivity index (χ3v) is 7.94. The number of carbonyl (C=O) groups is 3. The highest BCUT2D eigenvalue weighted by Gasteiger charge is 2.42. The van der Waals surface area contributed by atoms with Crippen molar-refractivity contribution in [3.05, 3.63) is 17.6 Å². The Morgan fingerprint density at radius 2 is 1.76 bits per heavy atom. The predicted octanol–water partition coefficient (Wildman–Crippen LogP) is 4.91. The summed E-state index contributed by atoms with van der Waals surface area (Å²) in [5, 5.41) is 3.32. The fourth-order valence-corrected chi connectivity index (χ4v) is 5.68. The molecule has 0 saturated carbocycles. The third kappa shape index (κ3) is 10.5. The van der Waals surface area contributed by atoms with Crippen LogP contribution in [0.2, 0.25) is 0 Å². The molecule has 0 aromatic carbocycles. The second kappa shape index (κ2) is 15.5. The summed E-state index contributed by atoms with van der Waals surface area (Å²) in [7, 11) is 1.65. The lowest BCUT2D eigenvalue weighted by atomic mass is 9.90. The van der Waals surface area contributed by atoms with Gasteiger partial charge in [0.15, 0.2) is 0 Å². The smallest absolute Gasteiger partial charge is 0.410 e. The van der Waals surface area contributed by atoms with Crippen molar-refractivity contribution < 1.29 is 28.2 Å². The minimum atomic E-state index is -0.908. The van der Waals surface area contributed by atoms with Gasteiger partial charge in [0.25, 0.3) is 5.91 Å². The Bertz CT molecular complexity index is 1160. The Kier molecular flexibility index (Phi) is 12.6. The van der Waals surface area contributed by atoms with E-state index in [1.165, 1.54) is 0 Å². The maximum Gasteiger partial charge on any atom is 0.410 e. The van der Waals surface area contributed by atoms with Crippen LogP contribution >= 0.6 is 0 Å². The third-order valence-electron chi connectivity index (χ3n) is 7.94. The first-order chi connectivity index (χ1) is 21.0. The molecular formula is C33H55FN6O5. The van der Waals surface area contributed by atoms with Crippen LogP contribution in [-0.2, 0) is 19.7 Å². The number of nitrogens with zero attached hydrogens (tertiary/aromatic N) is 5. The first-order valence-corrected chi connectivity index (χ1v) is 16.3. The minimum absolute atomic E-state index is 0.108. The van der Waals surface area contributed by atoms with E-state index in [0.717, 1.165) is 6.42 Å². The number of aromatic nitrogens is 2. The summed E-state index contributed by atoms with van der Waals surface area (Å²) in [6.07, 6.45) is 1.87. The number of likely N-dealkylation sites (tertiary alicyclic amines) is 2. The Morgan fingerprint density at radius 3 is 2.33 bits per heavy atom. The molecule has 0 radical (unpaired) electrons. The summed E-state index contributed by atoms with van der Waals surface area (Å²) in [5.74, 6) is 0.235. The molecule has 3 amide bonds. The average Bonchev–Trinajstić information content (AvgIpc) is 2.96. The molecule has 0 spiro atoms. The van der Waals surface area contributed by atoms with Gasteiger partial charge in [-0.15, -0.1) is 0 Å². The number of hydrogen-bond donors (Lipinski definition) is 1. The number of hydrogen-bond acceptors (Lipinski definition) is 8. The van der Waals surface area contributed by atoms with E-state index in [9.17, 15) is 18.8 Å². The predicted molar refractivity (Wildman–Crippen MR) is 172 cm³/mol. The van der Waals surface area contributed by atoms with Gasteiger partial charge in [-0.3, -0.25) is 9.59 Å². The highest BCUT2D eigenvalue weighted by molar-refractivity contribution is 5.98. The van der Waals surface area contributed by atoms with Gasteiger partial charge in [-0.2, -0.15) is 0 Å². The molecule has 11 nitrogen and oxygen atoms in total. The van der Waals surface area contributed by atoms with Gasteiger partial charge in [0.1, 0.15) is 29.0 Å². The number of halogens is 1. The molecule has 0 aliphatic carbocycles. The number of alkyl halides is 1. The lowest BCUT2D eigenvalue weighted by molar-refractivity contribution is -0.139. The van der Waals surface area contributed by atoms with E-state index in [0.29, 0.717) is 69.3 Å². The lowest BCUT2D eigenvalue weighted by Crippen LogP contribution is -2.58. The Balaban J connectivity index is 1.99. The van der Waals surface area contributed by atoms with Gasteiger partial charge in [0.05, 0.1) is 12.0 Å². The molecule has 1 N–H and O–H groups in total. The summed E-state index contributed by atoms with van der Waals surface area (Å²) < 4.78 is 24.8. The van der Waals surface area contributed by atoms with E-state index in [-0.39, 0.29) is 36.2 Å². The number of amides is 3. The van der Waals surface area contributed by atoms with Crippen LogP contribution in [0.15, 0.2) is 6.20 Å². The van der Waals surface area contributed by atoms with Crippen LogP contribution in [-0.4, -0.2) is 113 Å². The molecule has 2 aliphatic rings. The second-order valence-corrected chi connectivity index (χ2v) is 14.8. The monoisotopic (exact) mass is 634 g/mol. The van der Waals surface area contributed by atoms with Gasteiger partial charge in [-0.25, -0.2) is 19.2 Å². The summed E-state index contributed by atoms with van der Waals surface area (Å²) in [6.45, 7) is 18.1. The van der Waals surface area contributed by atoms with Crippen LogP contribution in [0.25, 0.3) is 0 Å². The first-order valence-electron chi connectivity index (χ1n) is 16.3. The molecule has 2 fully saturated rings. The summed E-state index contributed by atoms with van der Waals surface area (Å²) in [6, 6.07) is -0.461. The van der Waals surface area contributed by atoms with E-state index >= 15 is 0 Å². The number of ether oxygens (including phenoxy) is 2. The summed E-state index contributed by atoms with van der Waals surface area (Å²) >= 11 is 0. The normalized spacial score (nSPS) is 19.9. The molecule has 12 heteroatoms. The Labute approximate surface area is 268 Å². The average molecular weight is 635 g/mol. The maximum absolute atomic E-state index is 14.5. The summed E-state index contributed by atoms with van der Waals surface area (Å²) in [5.41, 5.74) is -0.720. The quantitative estimate of drug-likeness (QED) is 0.361. The number of rotatable bonds is 10. The number of piperidine rings is 2. The van der Waals surface area contributed by atoms with Crippen LogP contribution in [0.1, 0.15) is 97.3 Å². The van der Waals surface area contributed by atoms with Crippen LogP contribution in [0.4, 0.5) is 15.0 Å². The van der Waals surface area contributed by atoms with E-state index in [1.807, 2.05) is 34.6 Å². The topological polar surface area (TPSA) is 117 Å². The summed E-state index contributed by atoms with van der Waals surface area (Å²) in [4.78, 5) is 56.0. The number of nitrogens with one attached hydrogen (secondary N) is 1. The van der Waals surface area contributed by atoms with Crippen molar-refractivity contribution in [3.63, 3.8) is 0 Å². The van der Waals surface area contributed by atoms with E-state index in [1.54, 1.807) is 48.8 Å². The highest BCUT2D eigenvalue weighted by atomic mass is 19.1. The van der Waals surface area contributed by atoms with Gasteiger partial charge < -0.3 is 29.5 Å². The van der Waals surface area contributed by atoms with E-state index < -0.39 is 29.8 Å². The van der Waals surface area contributed by atoms with Crippen LogP contribution in [0, 0.1) is 11.8 Å². The van der Waals surface area contributed by atoms with Crippen molar-refractivity contribution in [2.24, 2.45) is 11.8 Å². The molecule has 2 atom stereocenters. The van der Waals surface area contributed by atoms with Gasteiger partial charge in [0.2, 0.25) is 5.91 Å². The standard InChI is InChI=1S/C33H55FN6O5/c1-22(2)19-40(29(42)26-18-36-30(32(3,4)5)37-27(26)35-13-10-16-44-9)25-17-23(28(41)38-14-11-24(34)12-15-38)20-39(21-25)31(43)45-33(6,7)8/h18,22-25H,10-17,19-21H2,1-9H3,(H,35,36,37)/t23-,25+/m1/s1. The zero-order chi connectivity index (χ0) is 33.5. The highest BCUT2D eigenvalue weighted by Crippen LogP contribution is 2.29. The molecule has 1 aromatic rings. The number of anilines is 1. The molecule has 2 aliphatic heterocycles. The van der Waals surface area contributed by atoms with Crippen molar-refractivity contribution in [3.8, 4) is 0 Å². The molecule has 1 aromatic heterocycles. The fourth-order valence-electron chi connectivity index (χ4n) is 5.68. The molecule has 0 unspecified atom stereocenters. The van der Waals surface area contributed by atoms with Crippen molar-refractivity contribution in [1.82, 2.24) is 24.7 Å². The molecule has 0 bridgehead atoms. The lowest BCUT2D eigenvalue weighted by Gasteiger charge is -2.44. The van der Waals surface area contributed by atoms with Crippen LogP contribution < -0.4 is 5.32 Å². The van der Waals surface area contributed by atoms with Gasteiger partial charge in [-0.05, 0) is 52.4 Å². The Morgan fingerprint density at radius 1 is 1.09 bits per heavy atom. The van der Waals surface area contributed by atoms with Crippen molar-refractivity contribution in [2.45, 2.75) is 104 Å². The Hall–Kier alpha value is -3.02. The minimum Gasteiger partial charge on any atom is -0.444 e. The molecular weight excluding hydrogens is 579 g/mol. The van der Waals surface area contributed by atoms with Gasteiger partial charge in [-0.1, -0.05) is 34.6 Å². The largest absolute Gasteiger partial charge is 0.444 e. The van der Waals surface area contributed by atoms with Gasteiger partial charge >= 0.3 is 6.09 Å². The van der Waals surface area contributed by atoms with Crippen molar-refractivity contribution >= 4 is 23.7 Å². The van der Waals surface area contributed by atoms with Crippen molar-refractivity contribution in [1.29, 1.82) is 0 Å². The SMILES string of the molecule is COCCCNc1nc(C(C)(C)C)ncc1C(=O)N(CC(C)C)[C@H]1C[C@@H](C(=O)N2CCC(F)CC2)CN(C(=O)OC(C)(C)C)C1. The fraction of sp³-hybridized carbons (Fsp3) is 0.788. The zero-order valence-corrected chi connectivity index (χ0v) is 28.8. The van der Waals surface area contributed by atoms with Crippen LogP contribution in [0.3, 0.4) is 0 Å². The molecule has 3 heterocycles. The molecule has 3 rings (SSSR count). The zero-order valence-electron chi connectivity index (χ0n) is 28.8. The van der Waals surface area contributed by atoms with E-state index in [2.05, 4.69) is 10.3 Å².